The lowest BCUT2D eigenvalue weighted by molar-refractivity contribution is 1.11. The van der Waals surface area contributed by atoms with Crippen LogP contribution in [-0.2, 0) is 0 Å². The van der Waals surface area contributed by atoms with E-state index in [4.69, 9.17) is 12.2 Å². The highest BCUT2D eigenvalue weighted by atomic mass is 32.1. The Morgan fingerprint density at radius 3 is 1.25 bits per heavy atom. The molecule has 0 aliphatic carbocycles. The molecule has 0 unspecified atom stereocenters. The van der Waals surface area contributed by atoms with E-state index in [1.165, 1.54) is 5.57 Å². The lowest BCUT2D eigenvalue weighted by atomic mass is 10.3. The van der Waals surface area contributed by atoms with E-state index in [1.54, 1.807) is 0 Å². The fourth-order valence-corrected chi connectivity index (χ4v) is 0. The summed E-state index contributed by atoms with van der Waals surface area (Å²) in [4.78, 5) is 1.09. The molecule has 0 bridgehead atoms. The Labute approximate surface area is 84.1 Å². The Morgan fingerprint density at radius 1 is 1.08 bits per heavy atom. The van der Waals surface area contributed by atoms with Gasteiger partial charge in [-0.15, -0.1) is 6.58 Å². The number of allylic oxidation sites excluding steroid dienone is 1. The summed E-state index contributed by atoms with van der Waals surface area (Å²) in [5.41, 5.74) is 1.25. The molecule has 0 atom stereocenters. The van der Waals surface area contributed by atoms with Crippen LogP contribution in [0.3, 0.4) is 0 Å². The minimum atomic E-state index is 1.04. The second-order valence-electron chi connectivity index (χ2n) is 2.37. The predicted octanol–water partition coefficient (Wildman–Crippen LogP) is 4.78. The highest BCUT2D eigenvalue weighted by molar-refractivity contribution is 7.80. The first kappa shape index (κ1) is 17.8. The van der Waals surface area contributed by atoms with Gasteiger partial charge in [0.1, 0.15) is 0 Å². The van der Waals surface area contributed by atoms with Crippen LogP contribution in [0.4, 0.5) is 0 Å². The topological polar surface area (TPSA) is 0 Å². The van der Waals surface area contributed by atoms with Gasteiger partial charge in [-0.25, -0.2) is 0 Å². The van der Waals surface area contributed by atoms with Gasteiger partial charge >= 0.3 is 0 Å². The van der Waals surface area contributed by atoms with Gasteiger partial charge in [0.2, 0.25) is 0 Å². The molecule has 0 aliphatic heterocycles. The molecule has 0 aromatic heterocycles. The smallest absolute Gasteiger partial charge is 0.0105 e. The Hall–Kier alpha value is -0.170. The Kier molecular flexibility index (Phi) is 25.3. The Balaban J connectivity index is -0.000000112. The summed E-state index contributed by atoms with van der Waals surface area (Å²) < 4.78 is 0. The van der Waals surface area contributed by atoms with Gasteiger partial charge in [-0.3, -0.25) is 0 Å². The first-order chi connectivity index (χ1) is 5.54. The van der Waals surface area contributed by atoms with Gasteiger partial charge in [0.05, 0.1) is 0 Å². The Bertz CT molecular complexity index is 89.6. The van der Waals surface area contributed by atoms with Crippen molar-refractivity contribution in [1.82, 2.24) is 0 Å². The average Bonchev–Trinajstić information content (AvgIpc) is 2.09. The molecule has 74 valence electrons. The summed E-state index contributed by atoms with van der Waals surface area (Å²) in [7, 11) is 0. The molecule has 0 saturated carbocycles. The summed E-state index contributed by atoms with van der Waals surface area (Å²) in [5.74, 6) is 0. The van der Waals surface area contributed by atoms with Gasteiger partial charge in [0.25, 0.3) is 0 Å². The molecule has 0 aliphatic rings. The van der Waals surface area contributed by atoms with E-state index in [9.17, 15) is 0 Å². The maximum Gasteiger partial charge on any atom is -0.0105 e. The third-order valence-electron chi connectivity index (χ3n) is 1.10. The SMILES string of the molecule is C=C(C)CC.CC.CCC(C)=S. The Morgan fingerprint density at radius 2 is 1.25 bits per heavy atom. The monoisotopic (exact) mass is 188 g/mol. The summed E-state index contributed by atoms with van der Waals surface area (Å²) in [6.45, 7) is 15.8. The maximum atomic E-state index is 4.70. The molecule has 0 spiro atoms. The van der Waals surface area contributed by atoms with E-state index in [1.807, 2.05) is 27.7 Å². The van der Waals surface area contributed by atoms with Crippen molar-refractivity contribution in [3.8, 4) is 0 Å². The molecule has 0 rings (SSSR count). The van der Waals surface area contributed by atoms with Crippen LogP contribution in [0, 0.1) is 0 Å². The zero-order chi connectivity index (χ0) is 10.6. The second-order valence-corrected chi connectivity index (χ2v) is 3.06. The average molecular weight is 188 g/mol. The van der Waals surface area contributed by atoms with Crippen LogP contribution in [-0.4, -0.2) is 4.86 Å². The lowest BCUT2D eigenvalue weighted by Gasteiger charge is -1.79. The highest BCUT2D eigenvalue weighted by Gasteiger charge is 1.71. The molecular formula is C11H24S. The summed E-state index contributed by atoms with van der Waals surface area (Å²) in [5, 5.41) is 0. The first-order valence-electron chi connectivity index (χ1n) is 4.68. The molecule has 0 saturated heterocycles. The van der Waals surface area contributed by atoms with Gasteiger partial charge in [-0.05, 0) is 31.6 Å². The van der Waals surface area contributed by atoms with Crippen molar-refractivity contribution in [2.45, 2.75) is 54.4 Å². The van der Waals surface area contributed by atoms with Crippen LogP contribution in [0.15, 0.2) is 12.2 Å². The summed E-state index contributed by atoms with van der Waals surface area (Å²) >= 11 is 4.70. The summed E-state index contributed by atoms with van der Waals surface area (Å²) in [6.07, 6.45) is 2.15. The standard InChI is InChI=1S/C5H10.C4H8S.C2H6/c1-4-5(2)3;1-3-4(2)5;1-2/h2,4H2,1,3H3;3H2,1-2H3;1-2H3. The molecule has 0 aromatic rings. The first-order valence-corrected chi connectivity index (χ1v) is 5.09. The van der Waals surface area contributed by atoms with Crippen LogP contribution < -0.4 is 0 Å². The molecule has 0 radical (unpaired) electrons. The van der Waals surface area contributed by atoms with Crippen LogP contribution in [0.5, 0.6) is 0 Å². The molecular weight excluding hydrogens is 164 g/mol. The number of hydrogen-bond donors (Lipinski definition) is 0. The van der Waals surface area contributed by atoms with Gasteiger partial charge in [0, 0.05) is 0 Å². The number of rotatable bonds is 2. The third kappa shape index (κ3) is 52.2. The number of thiocarbonyl (C=S) groups is 1. The quantitative estimate of drug-likeness (QED) is 0.444. The van der Waals surface area contributed by atoms with Gasteiger partial charge in [-0.2, -0.15) is 0 Å². The van der Waals surface area contributed by atoms with Crippen molar-refractivity contribution < 1.29 is 0 Å². The van der Waals surface area contributed by atoms with Crippen LogP contribution in [0.2, 0.25) is 0 Å². The fraction of sp³-hybridized carbons (Fsp3) is 0.727. The van der Waals surface area contributed by atoms with E-state index >= 15 is 0 Å². The number of hydrogen-bond acceptors (Lipinski definition) is 1. The molecule has 12 heavy (non-hydrogen) atoms. The van der Waals surface area contributed by atoms with Gasteiger partial charge in [0.15, 0.2) is 0 Å². The van der Waals surface area contributed by atoms with Crippen LogP contribution >= 0.6 is 12.2 Å². The molecule has 0 aromatic carbocycles. The van der Waals surface area contributed by atoms with E-state index in [0.29, 0.717) is 0 Å². The largest absolute Gasteiger partial charge is 0.100 e. The van der Waals surface area contributed by atoms with Crippen molar-refractivity contribution in [3.05, 3.63) is 12.2 Å². The molecule has 0 amide bonds. The normalized spacial score (nSPS) is 6.83. The lowest BCUT2D eigenvalue weighted by Crippen LogP contribution is -1.75. The molecule has 0 fully saturated rings. The minimum Gasteiger partial charge on any atom is -0.100 e. The predicted molar refractivity (Wildman–Crippen MR) is 65.0 cm³/mol. The van der Waals surface area contributed by atoms with Crippen molar-refractivity contribution >= 4 is 17.1 Å². The maximum absolute atomic E-state index is 4.70. The zero-order valence-corrected chi connectivity index (χ0v) is 10.3. The molecule has 0 nitrogen and oxygen atoms in total. The van der Waals surface area contributed by atoms with E-state index in [2.05, 4.69) is 20.4 Å². The van der Waals surface area contributed by atoms with Crippen molar-refractivity contribution in [2.75, 3.05) is 0 Å². The van der Waals surface area contributed by atoms with Crippen LogP contribution in [0.25, 0.3) is 0 Å². The molecule has 1 heteroatoms. The van der Waals surface area contributed by atoms with E-state index in [-0.39, 0.29) is 0 Å². The highest BCUT2D eigenvalue weighted by Crippen LogP contribution is 1.88. The van der Waals surface area contributed by atoms with E-state index in [0.717, 1.165) is 17.7 Å². The second kappa shape index (κ2) is 17.1. The van der Waals surface area contributed by atoms with E-state index < -0.39 is 0 Å². The van der Waals surface area contributed by atoms with Crippen molar-refractivity contribution in [2.24, 2.45) is 0 Å². The van der Waals surface area contributed by atoms with Gasteiger partial charge < -0.3 is 0 Å². The summed E-state index contributed by atoms with van der Waals surface area (Å²) in [6, 6.07) is 0. The third-order valence-corrected chi connectivity index (χ3v) is 1.39. The van der Waals surface area contributed by atoms with Gasteiger partial charge in [-0.1, -0.05) is 45.5 Å². The fourth-order valence-electron chi connectivity index (χ4n) is 0. The molecule has 0 N–H and O–H groups in total. The zero-order valence-electron chi connectivity index (χ0n) is 9.53. The van der Waals surface area contributed by atoms with Crippen molar-refractivity contribution in [1.29, 1.82) is 0 Å². The molecule has 0 heterocycles. The van der Waals surface area contributed by atoms with Crippen LogP contribution in [0.1, 0.15) is 54.4 Å². The minimum absolute atomic E-state index is 1.04. The van der Waals surface area contributed by atoms with Crippen molar-refractivity contribution in [3.63, 3.8) is 0 Å².